The number of carbonyl (C=O) groups is 1. The van der Waals surface area contributed by atoms with E-state index in [1.54, 1.807) is 24.5 Å². The highest BCUT2D eigenvalue weighted by Gasteiger charge is 2.07. The minimum absolute atomic E-state index is 0.605. The standard InChI is InChI=1S/C14H11NO3/c16-9-10-3-5-13-12(8-10)15-14(18-13)6-4-11-2-1-7-17-11/h1-3,5,7-9H,4,6H2. The molecule has 90 valence electrons. The molecule has 4 heteroatoms. The van der Waals surface area contributed by atoms with Crippen LogP contribution in [0.15, 0.2) is 45.4 Å². The summed E-state index contributed by atoms with van der Waals surface area (Å²) >= 11 is 0. The number of hydrogen-bond donors (Lipinski definition) is 0. The fourth-order valence-corrected chi connectivity index (χ4v) is 1.86. The van der Waals surface area contributed by atoms with Gasteiger partial charge in [0.2, 0.25) is 0 Å². The van der Waals surface area contributed by atoms with Gasteiger partial charge in [-0.2, -0.15) is 0 Å². The van der Waals surface area contributed by atoms with Crippen LogP contribution in [0.2, 0.25) is 0 Å². The number of aldehydes is 1. The van der Waals surface area contributed by atoms with Gasteiger partial charge >= 0.3 is 0 Å². The molecule has 18 heavy (non-hydrogen) atoms. The second kappa shape index (κ2) is 4.49. The second-order valence-electron chi connectivity index (χ2n) is 4.03. The van der Waals surface area contributed by atoms with Crippen LogP contribution in [0.1, 0.15) is 22.0 Å². The average molecular weight is 241 g/mol. The average Bonchev–Trinajstić information content (AvgIpc) is 3.04. The molecular formula is C14H11NO3. The molecule has 0 saturated carbocycles. The van der Waals surface area contributed by atoms with Crippen LogP contribution in [0.4, 0.5) is 0 Å². The number of oxazole rings is 1. The van der Waals surface area contributed by atoms with Crippen LogP contribution in [0.3, 0.4) is 0 Å². The van der Waals surface area contributed by atoms with E-state index in [0.717, 1.165) is 18.5 Å². The molecule has 0 spiro atoms. The Labute approximate surface area is 103 Å². The number of aryl methyl sites for hydroxylation is 2. The highest BCUT2D eigenvalue weighted by Crippen LogP contribution is 2.18. The lowest BCUT2D eigenvalue weighted by Crippen LogP contribution is -1.89. The monoisotopic (exact) mass is 241 g/mol. The maximum absolute atomic E-state index is 10.7. The number of hydrogen-bond acceptors (Lipinski definition) is 4. The predicted molar refractivity (Wildman–Crippen MR) is 65.5 cm³/mol. The van der Waals surface area contributed by atoms with Crippen molar-refractivity contribution in [2.75, 3.05) is 0 Å². The summed E-state index contributed by atoms with van der Waals surface area (Å²) < 4.78 is 10.8. The minimum Gasteiger partial charge on any atom is -0.469 e. The number of nitrogens with zero attached hydrogens (tertiary/aromatic N) is 1. The van der Waals surface area contributed by atoms with Crippen LogP contribution in [0.5, 0.6) is 0 Å². The first-order valence-electron chi connectivity index (χ1n) is 5.72. The fraction of sp³-hybridized carbons (Fsp3) is 0.143. The first kappa shape index (κ1) is 10.8. The van der Waals surface area contributed by atoms with Crippen molar-refractivity contribution in [3.8, 4) is 0 Å². The van der Waals surface area contributed by atoms with E-state index in [9.17, 15) is 4.79 Å². The third-order valence-electron chi connectivity index (χ3n) is 2.76. The van der Waals surface area contributed by atoms with E-state index >= 15 is 0 Å². The molecule has 2 heterocycles. The number of benzene rings is 1. The molecule has 0 bridgehead atoms. The third-order valence-corrected chi connectivity index (χ3v) is 2.76. The van der Waals surface area contributed by atoms with Gasteiger partial charge in [-0.1, -0.05) is 0 Å². The molecule has 2 aromatic heterocycles. The summed E-state index contributed by atoms with van der Waals surface area (Å²) in [5.41, 5.74) is 2.03. The normalized spacial score (nSPS) is 10.9. The van der Waals surface area contributed by atoms with Crippen LogP contribution in [0.25, 0.3) is 11.1 Å². The second-order valence-corrected chi connectivity index (χ2v) is 4.03. The molecule has 0 unspecified atom stereocenters. The van der Waals surface area contributed by atoms with Crippen molar-refractivity contribution >= 4 is 17.4 Å². The van der Waals surface area contributed by atoms with Gasteiger partial charge < -0.3 is 8.83 Å². The van der Waals surface area contributed by atoms with Crippen LogP contribution in [0, 0.1) is 0 Å². The van der Waals surface area contributed by atoms with Gasteiger partial charge in [0.1, 0.15) is 17.6 Å². The van der Waals surface area contributed by atoms with Crippen LogP contribution in [-0.2, 0) is 12.8 Å². The Bertz CT molecular complexity index is 667. The molecule has 0 fully saturated rings. The number of furan rings is 1. The third kappa shape index (κ3) is 2.05. The molecule has 3 rings (SSSR count). The van der Waals surface area contributed by atoms with Gasteiger partial charge in [0.25, 0.3) is 0 Å². The quantitative estimate of drug-likeness (QED) is 0.659. The largest absolute Gasteiger partial charge is 0.469 e. The fourth-order valence-electron chi connectivity index (χ4n) is 1.86. The molecule has 0 N–H and O–H groups in total. The van der Waals surface area contributed by atoms with Gasteiger partial charge in [0, 0.05) is 18.4 Å². The zero-order valence-corrected chi connectivity index (χ0v) is 9.63. The summed E-state index contributed by atoms with van der Waals surface area (Å²) in [4.78, 5) is 15.0. The lowest BCUT2D eigenvalue weighted by Gasteiger charge is -1.91. The lowest BCUT2D eigenvalue weighted by molar-refractivity contribution is 0.112. The van der Waals surface area contributed by atoms with Gasteiger partial charge in [-0.25, -0.2) is 4.98 Å². The Morgan fingerprint density at radius 3 is 2.94 bits per heavy atom. The van der Waals surface area contributed by atoms with E-state index in [-0.39, 0.29) is 0 Å². The number of aromatic nitrogens is 1. The van der Waals surface area contributed by atoms with Crippen LogP contribution >= 0.6 is 0 Å². The van der Waals surface area contributed by atoms with Gasteiger partial charge in [0.15, 0.2) is 11.5 Å². The van der Waals surface area contributed by atoms with E-state index in [2.05, 4.69) is 4.98 Å². The number of carbonyl (C=O) groups excluding carboxylic acids is 1. The summed E-state index contributed by atoms with van der Waals surface area (Å²) in [6.45, 7) is 0. The molecule has 0 aliphatic rings. The highest BCUT2D eigenvalue weighted by atomic mass is 16.3. The van der Waals surface area contributed by atoms with E-state index in [4.69, 9.17) is 8.83 Å². The maximum atomic E-state index is 10.7. The molecule has 0 aliphatic heterocycles. The Balaban J connectivity index is 1.82. The maximum Gasteiger partial charge on any atom is 0.195 e. The Morgan fingerprint density at radius 1 is 1.22 bits per heavy atom. The predicted octanol–water partition coefficient (Wildman–Crippen LogP) is 3.02. The van der Waals surface area contributed by atoms with Crippen molar-refractivity contribution in [1.82, 2.24) is 4.98 Å². The smallest absolute Gasteiger partial charge is 0.195 e. The van der Waals surface area contributed by atoms with Crippen molar-refractivity contribution in [3.63, 3.8) is 0 Å². The molecule has 1 aromatic carbocycles. The van der Waals surface area contributed by atoms with Gasteiger partial charge in [-0.05, 0) is 30.3 Å². The van der Waals surface area contributed by atoms with E-state index in [1.165, 1.54) is 0 Å². The number of rotatable bonds is 4. The molecule has 3 aromatic rings. The molecular weight excluding hydrogens is 230 g/mol. The summed E-state index contributed by atoms with van der Waals surface area (Å²) in [6, 6.07) is 8.99. The summed E-state index contributed by atoms with van der Waals surface area (Å²) in [7, 11) is 0. The SMILES string of the molecule is O=Cc1ccc2oc(CCc3ccco3)nc2c1. The van der Waals surface area contributed by atoms with Crippen molar-refractivity contribution in [2.45, 2.75) is 12.8 Å². The molecule has 0 amide bonds. The first-order chi connectivity index (χ1) is 8.85. The topological polar surface area (TPSA) is 56.2 Å². The van der Waals surface area contributed by atoms with E-state index < -0.39 is 0 Å². The minimum atomic E-state index is 0.605. The summed E-state index contributed by atoms with van der Waals surface area (Å²) in [5, 5.41) is 0. The Hall–Kier alpha value is -2.36. The van der Waals surface area contributed by atoms with Gasteiger partial charge in [-0.3, -0.25) is 4.79 Å². The molecule has 0 radical (unpaired) electrons. The zero-order valence-electron chi connectivity index (χ0n) is 9.63. The molecule has 4 nitrogen and oxygen atoms in total. The van der Waals surface area contributed by atoms with E-state index in [0.29, 0.717) is 29.0 Å². The van der Waals surface area contributed by atoms with Crippen LogP contribution < -0.4 is 0 Å². The van der Waals surface area contributed by atoms with Crippen molar-refractivity contribution in [2.24, 2.45) is 0 Å². The molecule has 0 aliphatic carbocycles. The lowest BCUT2D eigenvalue weighted by atomic mass is 10.2. The Morgan fingerprint density at radius 2 is 2.17 bits per heavy atom. The van der Waals surface area contributed by atoms with Crippen molar-refractivity contribution in [3.05, 3.63) is 53.8 Å². The van der Waals surface area contributed by atoms with Gasteiger partial charge in [-0.15, -0.1) is 0 Å². The molecule has 0 atom stereocenters. The van der Waals surface area contributed by atoms with Gasteiger partial charge in [0.05, 0.1) is 6.26 Å². The highest BCUT2D eigenvalue weighted by molar-refractivity contribution is 5.83. The molecule has 0 saturated heterocycles. The summed E-state index contributed by atoms with van der Waals surface area (Å²) in [6.07, 6.45) is 3.88. The van der Waals surface area contributed by atoms with Crippen molar-refractivity contribution in [1.29, 1.82) is 0 Å². The first-order valence-corrected chi connectivity index (χ1v) is 5.72. The van der Waals surface area contributed by atoms with Crippen LogP contribution in [-0.4, -0.2) is 11.3 Å². The zero-order chi connectivity index (χ0) is 12.4. The summed E-state index contributed by atoms with van der Waals surface area (Å²) in [5.74, 6) is 1.57. The van der Waals surface area contributed by atoms with E-state index in [1.807, 2.05) is 12.1 Å². The van der Waals surface area contributed by atoms with Crippen molar-refractivity contribution < 1.29 is 13.6 Å². The Kier molecular flexibility index (Phi) is 2.68. The number of fused-ring (bicyclic) bond motifs is 1.